The molecule has 0 saturated carbocycles. The summed E-state index contributed by atoms with van der Waals surface area (Å²) in [5.74, 6) is -0.189. The van der Waals surface area contributed by atoms with E-state index >= 15 is 0 Å². The normalized spacial score (nSPS) is 17.6. The van der Waals surface area contributed by atoms with E-state index in [4.69, 9.17) is 10.7 Å². The molecule has 1 aromatic heterocycles. The maximum Gasteiger partial charge on any atom is 0.126 e. The van der Waals surface area contributed by atoms with Crippen LogP contribution in [0.5, 0.6) is 0 Å². The minimum Gasteiger partial charge on any atom is -0.319 e. The molecule has 1 aliphatic rings. The fourth-order valence-corrected chi connectivity index (χ4v) is 3.92. The topological polar surface area (TPSA) is 38.9 Å². The molecule has 0 saturated heterocycles. The van der Waals surface area contributed by atoms with Gasteiger partial charge in [-0.3, -0.25) is 0 Å². The summed E-state index contributed by atoms with van der Waals surface area (Å²) in [6, 6.07) is 6.84. The Labute approximate surface area is 122 Å². The number of aromatic nitrogens is 1. The standard InChI is InChI=1S/C16H19FN2S/c1-16(18,10-11-6-2-3-7-12(11)17)15-19-13-8-4-5-9-14(13)20-15/h2-3,6-7H,4-5,8-10,18H2,1H3. The van der Waals surface area contributed by atoms with Gasteiger partial charge in [0.1, 0.15) is 10.8 Å². The van der Waals surface area contributed by atoms with E-state index < -0.39 is 5.54 Å². The van der Waals surface area contributed by atoms with Crippen LogP contribution in [0.3, 0.4) is 0 Å². The number of rotatable bonds is 3. The third kappa shape index (κ3) is 2.63. The Bertz CT molecular complexity index is 595. The second-order valence-corrected chi connectivity index (χ2v) is 6.87. The molecule has 0 spiro atoms. The second-order valence-electron chi connectivity index (χ2n) is 5.78. The minimum atomic E-state index is -0.607. The number of hydrogen-bond donors (Lipinski definition) is 1. The summed E-state index contributed by atoms with van der Waals surface area (Å²) in [6.07, 6.45) is 5.10. The van der Waals surface area contributed by atoms with Crippen molar-refractivity contribution in [1.82, 2.24) is 4.98 Å². The van der Waals surface area contributed by atoms with Gasteiger partial charge in [0, 0.05) is 4.88 Å². The van der Waals surface area contributed by atoms with Gasteiger partial charge in [0.15, 0.2) is 0 Å². The van der Waals surface area contributed by atoms with E-state index in [-0.39, 0.29) is 5.82 Å². The number of aryl methyl sites for hydroxylation is 2. The van der Waals surface area contributed by atoms with Gasteiger partial charge in [0.05, 0.1) is 11.2 Å². The Morgan fingerprint density at radius 2 is 2.05 bits per heavy atom. The zero-order chi connectivity index (χ0) is 14.2. The smallest absolute Gasteiger partial charge is 0.126 e. The number of benzene rings is 1. The Hall–Kier alpha value is -1.26. The van der Waals surface area contributed by atoms with Crippen LogP contribution in [0.25, 0.3) is 0 Å². The summed E-state index contributed by atoms with van der Waals surface area (Å²) in [5.41, 5.74) is 7.69. The number of hydrogen-bond acceptors (Lipinski definition) is 3. The molecule has 0 aliphatic heterocycles. The average Bonchev–Trinajstić information content (AvgIpc) is 2.86. The van der Waals surface area contributed by atoms with Gasteiger partial charge in [0.2, 0.25) is 0 Å². The van der Waals surface area contributed by atoms with Gasteiger partial charge in [-0.1, -0.05) is 18.2 Å². The van der Waals surface area contributed by atoms with Crippen LogP contribution in [-0.4, -0.2) is 4.98 Å². The van der Waals surface area contributed by atoms with Crippen molar-refractivity contribution in [3.63, 3.8) is 0 Å². The van der Waals surface area contributed by atoms with Crippen molar-refractivity contribution in [1.29, 1.82) is 0 Å². The molecular formula is C16H19FN2S. The summed E-state index contributed by atoms with van der Waals surface area (Å²) in [6.45, 7) is 1.95. The van der Waals surface area contributed by atoms with Gasteiger partial charge in [-0.05, 0) is 50.7 Å². The first-order valence-electron chi connectivity index (χ1n) is 7.07. The van der Waals surface area contributed by atoms with E-state index in [0.717, 1.165) is 17.8 Å². The molecule has 1 unspecified atom stereocenters. The SMILES string of the molecule is CC(N)(Cc1ccccc1F)c1nc2c(s1)CCCC2. The highest BCUT2D eigenvalue weighted by atomic mass is 32.1. The first kappa shape index (κ1) is 13.7. The summed E-state index contributed by atoms with van der Waals surface area (Å²) in [7, 11) is 0. The van der Waals surface area contributed by atoms with E-state index in [9.17, 15) is 4.39 Å². The van der Waals surface area contributed by atoms with Crippen LogP contribution in [-0.2, 0) is 24.8 Å². The molecule has 2 N–H and O–H groups in total. The van der Waals surface area contributed by atoms with Crippen molar-refractivity contribution in [2.45, 2.75) is 44.6 Å². The molecule has 106 valence electrons. The fourth-order valence-electron chi connectivity index (χ4n) is 2.71. The summed E-state index contributed by atoms with van der Waals surface area (Å²) in [4.78, 5) is 6.09. The zero-order valence-electron chi connectivity index (χ0n) is 11.7. The van der Waals surface area contributed by atoms with E-state index in [2.05, 4.69) is 0 Å². The lowest BCUT2D eigenvalue weighted by Gasteiger charge is -2.22. The van der Waals surface area contributed by atoms with Gasteiger partial charge in [0.25, 0.3) is 0 Å². The van der Waals surface area contributed by atoms with Gasteiger partial charge in [-0.15, -0.1) is 11.3 Å². The van der Waals surface area contributed by atoms with Crippen molar-refractivity contribution >= 4 is 11.3 Å². The highest BCUT2D eigenvalue weighted by Gasteiger charge is 2.29. The molecule has 1 aliphatic carbocycles. The first-order valence-corrected chi connectivity index (χ1v) is 7.89. The third-order valence-electron chi connectivity index (χ3n) is 3.85. The van der Waals surface area contributed by atoms with E-state index in [1.54, 1.807) is 23.5 Å². The molecular weight excluding hydrogens is 271 g/mol. The van der Waals surface area contributed by atoms with Crippen LogP contribution in [0.4, 0.5) is 4.39 Å². The molecule has 4 heteroatoms. The van der Waals surface area contributed by atoms with Gasteiger partial charge < -0.3 is 5.73 Å². The Balaban J connectivity index is 1.88. The third-order valence-corrected chi connectivity index (χ3v) is 5.29. The lowest BCUT2D eigenvalue weighted by atomic mass is 9.94. The second kappa shape index (κ2) is 5.26. The molecule has 3 rings (SSSR count). The number of nitrogens with zero attached hydrogens (tertiary/aromatic N) is 1. The fraction of sp³-hybridized carbons (Fsp3) is 0.438. The highest BCUT2D eigenvalue weighted by Crippen LogP contribution is 2.33. The van der Waals surface area contributed by atoms with Crippen LogP contribution in [0.15, 0.2) is 24.3 Å². The summed E-state index contributed by atoms with van der Waals surface area (Å²) < 4.78 is 13.8. The molecule has 0 fully saturated rings. The molecule has 1 aromatic carbocycles. The number of fused-ring (bicyclic) bond motifs is 1. The summed E-state index contributed by atoms with van der Waals surface area (Å²) >= 11 is 1.71. The van der Waals surface area contributed by atoms with Crippen molar-refractivity contribution in [2.24, 2.45) is 5.73 Å². The first-order chi connectivity index (χ1) is 9.56. The van der Waals surface area contributed by atoms with Gasteiger partial charge in [-0.25, -0.2) is 9.37 Å². The number of nitrogens with two attached hydrogens (primary N) is 1. The molecule has 0 amide bonds. The van der Waals surface area contributed by atoms with Crippen molar-refractivity contribution < 1.29 is 4.39 Å². The predicted octanol–water partition coefficient (Wildman–Crippen LogP) is 3.58. The van der Waals surface area contributed by atoms with E-state index in [1.807, 2.05) is 13.0 Å². The Morgan fingerprint density at radius 3 is 2.80 bits per heavy atom. The van der Waals surface area contributed by atoms with Crippen molar-refractivity contribution in [3.8, 4) is 0 Å². The van der Waals surface area contributed by atoms with Crippen LogP contribution in [0, 0.1) is 5.82 Å². The molecule has 1 atom stereocenters. The van der Waals surface area contributed by atoms with Gasteiger partial charge in [-0.2, -0.15) is 0 Å². The molecule has 20 heavy (non-hydrogen) atoms. The van der Waals surface area contributed by atoms with Crippen molar-refractivity contribution in [2.75, 3.05) is 0 Å². The molecule has 0 bridgehead atoms. The highest BCUT2D eigenvalue weighted by molar-refractivity contribution is 7.11. The maximum absolute atomic E-state index is 13.8. The monoisotopic (exact) mass is 290 g/mol. The largest absolute Gasteiger partial charge is 0.319 e. The molecule has 2 aromatic rings. The predicted molar refractivity (Wildman–Crippen MR) is 80.4 cm³/mol. The van der Waals surface area contributed by atoms with Crippen molar-refractivity contribution in [3.05, 3.63) is 51.2 Å². The van der Waals surface area contributed by atoms with E-state index in [1.165, 1.54) is 29.5 Å². The van der Waals surface area contributed by atoms with Crippen LogP contribution >= 0.6 is 11.3 Å². The lowest BCUT2D eigenvalue weighted by molar-refractivity contribution is 0.471. The van der Waals surface area contributed by atoms with Crippen LogP contribution in [0.2, 0.25) is 0 Å². The van der Waals surface area contributed by atoms with Gasteiger partial charge >= 0.3 is 0 Å². The minimum absolute atomic E-state index is 0.189. The maximum atomic E-state index is 13.8. The Morgan fingerprint density at radius 1 is 1.30 bits per heavy atom. The Kier molecular flexibility index (Phi) is 3.61. The molecule has 0 radical (unpaired) electrons. The molecule has 1 heterocycles. The average molecular weight is 290 g/mol. The van der Waals surface area contributed by atoms with E-state index in [0.29, 0.717) is 12.0 Å². The number of thiazole rings is 1. The summed E-state index contributed by atoms with van der Waals surface area (Å²) in [5, 5.41) is 0.938. The van der Waals surface area contributed by atoms with Crippen LogP contribution < -0.4 is 5.73 Å². The molecule has 2 nitrogen and oxygen atoms in total. The lowest BCUT2D eigenvalue weighted by Crippen LogP contribution is -2.35. The number of halogens is 1. The quantitative estimate of drug-likeness (QED) is 0.938. The zero-order valence-corrected chi connectivity index (χ0v) is 12.5. The van der Waals surface area contributed by atoms with Crippen LogP contribution in [0.1, 0.15) is 40.9 Å².